The molecule has 0 bridgehead atoms. The second-order valence-corrected chi connectivity index (χ2v) is 12.1. The SMILES string of the molecule is CC(OC1C[C@H]2[C@@H]3CCC4=CC(=O)C=C[C@]4(C)[C@@]3(F)C(O)C[C@]2(C)[C@@]1(O)C(=O)CCl)C(=O)c1ccccc1. The molecule has 2 N–H and O–H groups in total. The van der Waals surface area contributed by atoms with Gasteiger partial charge >= 0.3 is 0 Å². The number of hydrogen-bond acceptors (Lipinski definition) is 6. The molecule has 4 aliphatic rings. The Labute approximate surface area is 226 Å². The van der Waals surface area contributed by atoms with Crippen LogP contribution in [0.1, 0.15) is 56.8 Å². The minimum atomic E-state index is -2.12. The summed E-state index contributed by atoms with van der Waals surface area (Å²) in [5.74, 6) is -2.93. The molecule has 6 nitrogen and oxygen atoms in total. The molecule has 0 aliphatic heterocycles. The van der Waals surface area contributed by atoms with Crippen LogP contribution in [-0.2, 0) is 14.3 Å². The summed E-state index contributed by atoms with van der Waals surface area (Å²) in [7, 11) is 0. The van der Waals surface area contributed by atoms with E-state index in [1.807, 2.05) is 0 Å². The molecule has 1 aromatic rings. The Bertz CT molecular complexity index is 1230. The Morgan fingerprint density at radius 1 is 1.21 bits per heavy atom. The standard InChI is InChI=1S/C30H34ClFO6/c1-17(26(36)18-7-5-4-6-8-18)38-25-14-22-21-10-9-19-13-20(33)11-12-27(19,2)29(21,32)23(34)15-28(22,3)30(25,37)24(35)16-31/h4-8,11-13,17,21-23,25,34,37H,9-10,14-16H2,1-3H3/t17?,21-,22-,23?,25?,27-,28-,29-,30+/m0/s1. The zero-order valence-corrected chi connectivity index (χ0v) is 22.6. The number of benzene rings is 1. The van der Waals surface area contributed by atoms with Gasteiger partial charge in [0.05, 0.1) is 18.1 Å². The molecule has 3 fully saturated rings. The molecule has 3 unspecified atom stereocenters. The molecule has 4 aliphatic carbocycles. The summed E-state index contributed by atoms with van der Waals surface area (Å²) >= 11 is 5.99. The van der Waals surface area contributed by atoms with E-state index in [4.69, 9.17) is 16.3 Å². The average Bonchev–Trinajstić information content (AvgIpc) is 3.11. The fraction of sp³-hybridized carbons (Fsp3) is 0.567. The molecular weight excluding hydrogens is 511 g/mol. The average molecular weight is 545 g/mol. The molecule has 5 rings (SSSR count). The molecule has 8 heteroatoms. The van der Waals surface area contributed by atoms with Gasteiger partial charge in [-0.3, -0.25) is 14.4 Å². The van der Waals surface area contributed by atoms with Gasteiger partial charge in [0, 0.05) is 22.3 Å². The van der Waals surface area contributed by atoms with Gasteiger partial charge in [0.25, 0.3) is 0 Å². The van der Waals surface area contributed by atoms with Crippen LogP contribution in [0.5, 0.6) is 0 Å². The van der Waals surface area contributed by atoms with Gasteiger partial charge in [-0.1, -0.05) is 48.9 Å². The van der Waals surface area contributed by atoms with Gasteiger partial charge in [-0.25, -0.2) is 4.39 Å². The van der Waals surface area contributed by atoms with Gasteiger partial charge in [-0.05, 0) is 57.6 Å². The number of ether oxygens (including phenoxy) is 1. The molecule has 0 saturated heterocycles. The van der Waals surface area contributed by atoms with E-state index >= 15 is 4.39 Å². The van der Waals surface area contributed by atoms with E-state index < -0.39 is 63.9 Å². The van der Waals surface area contributed by atoms with E-state index in [1.165, 1.54) is 12.2 Å². The quantitative estimate of drug-likeness (QED) is 0.412. The van der Waals surface area contributed by atoms with Crippen LogP contribution in [0.3, 0.4) is 0 Å². The van der Waals surface area contributed by atoms with E-state index in [2.05, 4.69) is 0 Å². The molecule has 1 aromatic carbocycles. The number of carbonyl (C=O) groups is 3. The number of aliphatic hydroxyl groups excluding tert-OH is 1. The van der Waals surface area contributed by atoms with E-state index in [9.17, 15) is 24.6 Å². The monoisotopic (exact) mass is 544 g/mol. The van der Waals surface area contributed by atoms with E-state index in [1.54, 1.807) is 57.2 Å². The third kappa shape index (κ3) is 3.51. The molecular formula is C30H34ClFO6. The fourth-order valence-corrected chi connectivity index (χ4v) is 8.30. The van der Waals surface area contributed by atoms with E-state index in [0.29, 0.717) is 24.0 Å². The van der Waals surface area contributed by atoms with Crippen LogP contribution < -0.4 is 0 Å². The Morgan fingerprint density at radius 3 is 2.55 bits per heavy atom. The number of carbonyl (C=O) groups excluding carboxylic acids is 3. The lowest BCUT2D eigenvalue weighted by Crippen LogP contribution is -2.69. The Balaban J connectivity index is 1.54. The minimum absolute atomic E-state index is 0.128. The second-order valence-electron chi connectivity index (χ2n) is 11.8. The van der Waals surface area contributed by atoms with Gasteiger partial charge in [-0.15, -0.1) is 11.6 Å². The Hall–Kier alpha value is -2.19. The number of aliphatic hydroxyl groups is 2. The molecule has 0 heterocycles. The first kappa shape index (κ1) is 27.4. The molecule has 3 saturated carbocycles. The zero-order chi connectivity index (χ0) is 27.7. The summed E-state index contributed by atoms with van der Waals surface area (Å²) in [5.41, 5.74) is -5.61. The van der Waals surface area contributed by atoms with E-state index in [0.717, 1.165) is 0 Å². The normalized spacial score (nSPS) is 42.5. The Morgan fingerprint density at radius 2 is 1.89 bits per heavy atom. The molecule has 204 valence electrons. The lowest BCUT2D eigenvalue weighted by Gasteiger charge is -2.62. The number of rotatable bonds is 6. The number of Topliss-reactive ketones (excluding diaryl/α,β-unsaturated/α-hetero) is 2. The number of hydrogen-bond donors (Lipinski definition) is 2. The summed E-state index contributed by atoms with van der Waals surface area (Å²) in [6, 6.07) is 8.59. The molecule has 0 amide bonds. The first-order valence-corrected chi connectivity index (χ1v) is 13.8. The van der Waals surface area contributed by atoms with Gasteiger partial charge in [0.15, 0.2) is 28.6 Å². The lowest BCUT2D eigenvalue weighted by molar-refractivity contribution is -0.223. The van der Waals surface area contributed by atoms with E-state index in [-0.39, 0.29) is 24.4 Å². The summed E-state index contributed by atoms with van der Waals surface area (Å²) in [6.45, 7) is 4.98. The molecule has 0 spiro atoms. The third-order valence-electron chi connectivity index (χ3n) is 10.2. The molecule has 38 heavy (non-hydrogen) atoms. The van der Waals surface area contributed by atoms with Crippen molar-refractivity contribution < 1.29 is 33.7 Å². The number of halogens is 2. The van der Waals surface area contributed by atoms with Gasteiger partial charge in [0.2, 0.25) is 0 Å². The van der Waals surface area contributed by atoms with Crippen LogP contribution in [0.4, 0.5) is 4.39 Å². The first-order valence-electron chi connectivity index (χ1n) is 13.2. The van der Waals surface area contributed by atoms with Gasteiger partial charge < -0.3 is 14.9 Å². The molecule has 0 aromatic heterocycles. The fourth-order valence-electron chi connectivity index (χ4n) is 8.10. The van der Waals surface area contributed by atoms with Crippen molar-refractivity contribution in [3.05, 3.63) is 59.7 Å². The van der Waals surface area contributed by atoms with Gasteiger partial charge in [-0.2, -0.15) is 0 Å². The summed E-state index contributed by atoms with van der Waals surface area (Å²) in [5, 5.41) is 23.6. The maximum Gasteiger partial charge on any atom is 0.191 e. The van der Waals surface area contributed by atoms with Crippen molar-refractivity contribution in [2.45, 2.75) is 76.0 Å². The molecule has 9 atom stereocenters. The highest BCUT2D eigenvalue weighted by molar-refractivity contribution is 6.29. The predicted octanol–water partition coefficient (Wildman–Crippen LogP) is 4.16. The number of ketones is 3. The first-order chi connectivity index (χ1) is 17.8. The summed E-state index contributed by atoms with van der Waals surface area (Å²) in [6.07, 6.45) is 1.48. The van der Waals surface area contributed by atoms with Crippen molar-refractivity contribution >= 4 is 29.0 Å². The third-order valence-corrected chi connectivity index (χ3v) is 10.4. The van der Waals surface area contributed by atoms with Crippen LogP contribution in [0, 0.1) is 22.7 Å². The van der Waals surface area contributed by atoms with Crippen molar-refractivity contribution in [2.24, 2.45) is 22.7 Å². The highest BCUT2D eigenvalue weighted by Crippen LogP contribution is 2.70. The largest absolute Gasteiger partial charge is 0.390 e. The van der Waals surface area contributed by atoms with Crippen LogP contribution >= 0.6 is 11.6 Å². The number of fused-ring (bicyclic) bond motifs is 5. The number of alkyl halides is 2. The van der Waals surface area contributed by atoms with Crippen LogP contribution in [-0.4, -0.2) is 63.0 Å². The summed E-state index contributed by atoms with van der Waals surface area (Å²) in [4.78, 5) is 38.5. The van der Waals surface area contributed by atoms with Crippen molar-refractivity contribution in [1.82, 2.24) is 0 Å². The van der Waals surface area contributed by atoms with Crippen molar-refractivity contribution in [3.8, 4) is 0 Å². The van der Waals surface area contributed by atoms with Crippen LogP contribution in [0.25, 0.3) is 0 Å². The highest BCUT2D eigenvalue weighted by Gasteiger charge is 2.76. The minimum Gasteiger partial charge on any atom is -0.390 e. The maximum atomic E-state index is 17.4. The van der Waals surface area contributed by atoms with Crippen molar-refractivity contribution in [2.75, 3.05) is 5.88 Å². The summed E-state index contributed by atoms with van der Waals surface area (Å²) < 4.78 is 23.6. The molecule has 0 radical (unpaired) electrons. The smallest absolute Gasteiger partial charge is 0.191 e. The Kier molecular flexibility index (Phi) is 6.62. The van der Waals surface area contributed by atoms with Crippen LogP contribution in [0.2, 0.25) is 0 Å². The predicted molar refractivity (Wildman–Crippen MR) is 140 cm³/mol. The van der Waals surface area contributed by atoms with Crippen molar-refractivity contribution in [1.29, 1.82) is 0 Å². The lowest BCUT2D eigenvalue weighted by atomic mass is 9.44. The number of allylic oxidation sites excluding steroid dienone is 4. The topological polar surface area (TPSA) is 101 Å². The maximum absolute atomic E-state index is 17.4. The second kappa shape index (κ2) is 9.19. The zero-order valence-electron chi connectivity index (χ0n) is 21.8. The van der Waals surface area contributed by atoms with Crippen molar-refractivity contribution in [3.63, 3.8) is 0 Å². The van der Waals surface area contributed by atoms with Crippen LogP contribution in [0.15, 0.2) is 54.1 Å². The van der Waals surface area contributed by atoms with Gasteiger partial charge in [0.1, 0.15) is 6.10 Å². The highest BCUT2D eigenvalue weighted by atomic mass is 35.5.